The van der Waals surface area contributed by atoms with Gasteiger partial charge in [0.2, 0.25) is 0 Å². The van der Waals surface area contributed by atoms with E-state index in [1.54, 1.807) is 0 Å². The number of nitrogens with one attached hydrogen (secondary N) is 3. The highest BCUT2D eigenvalue weighted by Crippen LogP contribution is 2.24. The lowest BCUT2D eigenvalue weighted by Gasteiger charge is -2.29. The lowest BCUT2D eigenvalue weighted by Crippen LogP contribution is -2.42. The van der Waals surface area contributed by atoms with Crippen molar-refractivity contribution in [1.82, 2.24) is 20.9 Å². The van der Waals surface area contributed by atoms with E-state index in [1.165, 1.54) is 18.4 Å². The number of likely N-dealkylation sites (tertiary alicyclic amines) is 1. The summed E-state index contributed by atoms with van der Waals surface area (Å²) >= 11 is 0. The Morgan fingerprint density at radius 2 is 1.59 bits per heavy atom. The van der Waals surface area contributed by atoms with Crippen molar-refractivity contribution in [3.05, 3.63) is 71.3 Å². The molecule has 1 heterocycles. The van der Waals surface area contributed by atoms with Crippen molar-refractivity contribution < 1.29 is 4.79 Å². The second kappa shape index (κ2) is 14.1. The third-order valence-electron chi connectivity index (χ3n) is 5.55. The van der Waals surface area contributed by atoms with Crippen LogP contribution in [0.15, 0.2) is 59.6 Å². The fourth-order valence-electron chi connectivity index (χ4n) is 3.92. The van der Waals surface area contributed by atoms with Crippen LogP contribution in [0, 0.1) is 0 Å². The van der Waals surface area contributed by atoms with Crippen molar-refractivity contribution in [2.45, 2.75) is 39.3 Å². The molecule has 32 heavy (non-hydrogen) atoms. The number of halogens is 1. The number of guanidine groups is 1. The zero-order valence-corrected chi connectivity index (χ0v) is 21.5. The fourth-order valence-corrected chi connectivity index (χ4v) is 3.92. The molecule has 1 amide bonds. The van der Waals surface area contributed by atoms with Gasteiger partial charge in [0, 0.05) is 25.2 Å². The highest BCUT2D eigenvalue weighted by atomic mass is 127. The highest BCUT2D eigenvalue weighted by Gasteiger charge is 2.23. The van der Waals surface area contributed by atoms with Crippen molar-refractivity contribution in [1.29, 1.82) is 0 Å². The minimum absolute atomic E-state index is 0. The number of rotatable bonds is 9. The maximum atomic E-state index is 11.9. The van der Waals surface area contributed by atoms with Crippen LogP contribution in [0.5, 0.6) is 0 Å². The maximum absolute atomic E-state index is 11.9. The van der Waals surface area contributed by atoms with Gasteiger partial charge in [-0.05, 0) is 63.0 Å². The monoisotopic (exact) mass is 549 g/mol. The molecule has 1 fully saturated rings. The molecule has 2 aromatic rings. The molecule has 2 aromatic carbocycles. The quantitative estimate of drug-likeness (QED) is 0.252. The van der Waals surface area contributed by atoms with Crippen LogP contribution in [-0.4, -0.2) is 49.5 Å². The predicted octanol–water partition coefficient (Wildman–Crippen LogP) is 3.95. The fraction of sp³-hybridized carbons (Fsp3) is 0.440. The third-order valence-corrected chi connectivity index (χ3v) is 5.55. The van der Waals surface area contributed by atoms with E-state index in [-0.39, 0.29) is 29.9 Å². The molecule has 1 unspecified atom stereocenters. The van der Waals surface area contributed by atoms with Crippen molar-refractivity contribution in [2.24, 2.45) is 4.99 Å². The number of hydrogen-bond donors (Lipinski definition) is 3. The smallest absolute Gasteiger partial charge is 0.251 e. The summed E-state index contributed by atoms with van der Waals surface area (Å²) in [6.07, 6.45) is 2.54. The molecule has 0 spiro atoms. The van der Waals surface area contributed by atoms with Gasteiger partial charge in [-0.3, -0.25) is 9.69 Å². The number of carbonyl (C=O) groups is 1. The van der Waals surface area contributed by atoms with Crippen LogP contribution in [0.1, 0.15) is 54.2 Å². The van der Waals surface area contributed by atoms with E-state index in [9.17, 15) is 4.79 Å². The Hall–Kier alpha value is -2.13. The zero-order valence-electron chi connectivity index (χ0n) is 19.1. The third kappa shape index (κ3) is 7.78. The molecule has 0 radical (unpaired) electrons. The molecule has 6 nitrogen and oxygen atoms in total. The summed E-state index contributed by atoms with van der Waals surface area (Å²) in [5.74, 6) is 0.775. The molecule has 0 bridgehead atoms. The minimum atomic E-state index is -0.0403. The topological polar surface area (TPSA) is 68.8 Å². The molecule has 1 aliphatic rings. The molecule has 0 saturated carbocycles. The number of amides is 1. The van der Waals surface area contributed by atoms with Gasteiger partial charge in [-0.15, -0.1) is 24.0 Å². The van der Waals surface area contributed by atoms with E-state index >= 15 is 0 Å². The summed E-state index contributed by atoms with van der Waals surface area (Å²) in [5, 5.41) is 9.72. The van der Waals surface area contributed by atoms with E-state index < -0.39 is 0 Å². The lowest BCUT2D eigenvalue weighted by molar-refractivity contribution is 0.0956. The molecule has 174 valence electrons. The Morgan fingerprint density at radius 1 is 0.938 bits per heavy atom. The number of hydrogen-bond acceptors (Lipinski definition) is 3. The standard InChI is InChI=1S/C25H35N5O.HI/c1-3-26-24(31)22-14-12-20(13-15-22)18-28-25(27-4-2)29-19-23(30-16-8-9-17-30)21-10-6-5-7-11-21;/h5-7,10-15,23H,3-4,8-9,16-19H2,1-2H3,(H,26,31)(H2,27,28,29);1H. The normalized spacial score (nSPS) is 15.0. The first kappa shape index (κ1) is 26.1. The van der Waals surface area contributed by atoms with Crippen LogP contribution in [0.4, 0.5) is 0 Å². The Labute approximate surface area is 209 Å². The van der Waals surface area contributed by atoms with Crippen molar-refractivity contribution >= 4 is 35.8 Å². The Kier molecular flexibility index (Phi) is 11.5. The number of benzene rings is 2. The minimum Gasteiger partial charge on any atom is -0.357 e. The van der Waals surface area contributed by atoms with Crippen LogP contribution in [0.2, 0.25) is 0 Å². The number of nitrogens with zero attached hydrogens (tertiary/aromatic N) is 2. The summed E-state index contributed by atoms with van der Waals surface area (Å²) in [4.78, 5) is 19.2. The van der Waals surface area contributed by atoms with E-state index in [2.05, 4.69) is 58.1 Å². The van der Waals surface area contributed by atoms with Crippen LogP contribution < -0.4 is 16.0 Å². The highest BCUT2D eigenvalue weighted by molar-refractivity contribution is 14.0. The molecule has 0 aromatic heterocycles. The second-order valence-corrected chi connectivity index (χ2v) is 7.80. The summed E-state index contributed by atoms with van der Waals surface area (Å²) in [6.45, 7) is 9.10. The Balaban J connectivity index is 0.00000363. The molecule has 3 N–H and O–H groups in total. The summed E-state index contributed by atoms with van der Waals surface area (Å²) in [7, 11) is 0. The molecule has 7 heteroatoms. The van der Waals surface area contributed by atoms with Gasteiger partial charge in [-0.2, -0.15) is 0 Å². The predicted molar refractivity (Wildman–Crippen MR) is 143 cm³/mol. The van der Waals surface area contributed by atoms with Gasteiger partial charge in [0.1, 0.15) is 0 Å². The molecule has 0 aliphatic carbocycles. The van der Waals surface area contributed by atoms with Crippen LogP contribution in [-0.2, 0) is 6.54 Å². The summed E-state index contributed by atoms with van der Waals surface area (Å²) < 4.78 is 0. The zero-order chi connectivity index (χ0) is 21.9. The van der Waals surface area contributed by atoms with Gasteiger partial charge in [-0.25, -0.2) is 4.99 Å². The maximum Gasteiger partial charge on any atom is 0.251 e. The first-order valence-corrected chi connectivity index (χ1v) is 11.4. The van der Waals surface area contributed by atoms with E-state index in [0.717, 1.165) is 37.7 Å². The molecular formula is C25H36IN5O. The first-order chi connectivity index (χ1) is 15.2. The number of carbonyl (C=O) groups excluding carboxylic acids is 1. The molecule has 1 saturated heterocycles. The SMILES string of the molecule is CCNC(=O)c1ccc(CN=C(NCC)NCC(c2ccccc2)N2CCCC2)cc1.I. The van der Waals surface area contributed by atoms with Gasteiger partial charge >= 0.3 is 0 Å². The largest absolute Gasteiger partial charge is 0.357 e. The van der Waals surface area contributed by atoms with Gasteiger partial charge in [0.15, 0.2) is 5.96 Å². The summed E-state index contributed by atoms with van der Waals surface area (Å²) in [5.41, 5.74) is 3.09. The molecule has 1 aliphatic heterocycles. The molecule has 1 atom stereocenters. The van der Waals surface area contributed by atoms with Crippen LogP contribution in [0.25, 0.3) is 0 Å². The van der Waals surface area contributed by atoms with Crippen molar-refractivity contribution in [2.75, 3.05) is 32.7 Å². The average Bonchev–Trinajstić information content (AvgIpc) is 3.33. The van der Waals surface area contributed by atoms with E-state index in [1.807, 2.05) is 31.2 Å². The Morgan fingerprint density at radius 3 is 2.22 bits per heavy atom. The lowest BCUT2D eigenvalue weighted by atomic mass is 10.1. The van der Waals surface area contributed by atoms with Crippen molar-refractivity contribution in [3.63, 3.8) is 0 Å². The summed E-state index contributed by atoms with van der Waals surface area (Å²) in [6, 6.07) is 18.7. The van der Waals surface area contributed by atoms with E-state index in [4.69, 9.17) is 4.99 Å². The van der Waals surface area contributed by atoms with Gasteiger partial charge in [0.05, 0.1) is 12.6 Å². The van der Waals surface area contributed by atoms with Crippen LogP contribution in [0.3, 0.4) is 0 Å². The second-order valence-electron chi connectivity index (χ2n) is 7.80. The first-order valence-electron chi connectivity index (χ1n) is 11.4. The molecule has 3 rings (SSSR count). The van der Waals surface area contributed by atoms with Gasteiger partial charge in [0.25, 0.3) is 5.91 Å². The van der Waals surface area contributed by atoms with Gasteiger partial charge in [-0.1, -0.05) is 42.5 Å². The average molecular weight is 550 g/mol. The van der Waals surface area contributed by atoms with Gasteiger partial charge < -0.3 is 16.0 Å². The molecular weight excluding hydrogens is 513 g/mol. The van der Waals surface area contributed by atoms with Crippen molar-refractivity contribution in [3.8, 4) is 0 Å². The van der Waals surface area contributed by atoms with E-state index in [0.29, 0.717) is 24.7 Å². The number of aliphatic imine (C=N–C) groups is 1. The Bertz CT molecular complexity index is 835. The van der Waals surface area contributed by atoms with Crippen LogP contribution >= 0.6 is 24.0 Å².